The monoisotopic (exact) mass is 392 g/mol. The lowest BCUT2D eigenvalue weighted by Crippen LogP contribution is -2.09. The van der Waals surface area contributed by atoms with E-state index in [-0.39, 0.29) is 5.97 Å². The summed E-state index contributed by atoms with van der Waals surface area (Å²) in [5.41, 5.74) is 2.51. The van der Waals surface area contributed by atoms with Gasteiger partial charge in [-0.15, -0.1) is 0 Å². The summed E-state index contributed by atoms with van der Waals surface area (Å²) in [5.74, 6) is 1.72. The maximum absolute atomic E-state index is 11.7. The molecule has 0 saturated carbocycles. The van der Waals surface area contributed by atoms with Gasteiger partial charge in [-0.1, -0.05) is 12.1 Å². The summed E-state index contributed by atoms with van der Waals surface area (Å²) in [6, 6.07) is 16.8. The standard InChI is InChI=1S/C22H24N4O3/c1-3-29-21(27)17-7-9-18(10-8-17)25-20-12-14-24-22(26-20)23-13-11-16-5-4-6-19(15-16)28-2/h4-10,12,14-15H,3,11,13H2,1-2H3,(H2,23,24,25,26). The first kappa shape index (κ1) is 20.1. The minimum Gasteiger partial charge on any atom is -0.497 e. The van der Waals surface area contributed by atoms with E-state index in [0.717, 1.165) is 17.9 Å². The fourth-order valence-corrected chi connectivity index (χ4v) is 2.71. The number of aromatic nitrogens is 2. The molecule has 0 atom stereocenters. The van der Waals surface area contributed by atoms with Crippen LogP contribution in [0.4, 0.5) is 17.5 Å². The van der Waals surface area contributed by atoms with Crippen LogP contribution >= 0.6 is 0 Å². The van der Waals surface area contributed by atoms with Gasteiger partial charge < -0.3 is 20.1 Å². The second-order valence-corrected chi connectivity index (χ2v) is 6.22. The van der Waals surface area contributed by atoms with E-state index in [9.17, 15) is 4.79 Å². The number of hydrogen-bond acceptors (Lipinski definition) is 7. The first-order chi connectivity index (χ1) is 14.2. The van der Waals surface area contributed by atoms with E-state index < -0.39 is 0 Å². The number of ether oxygens (including phenoxy) is 2. The Bertz CT molecular complexity index is 945. The molecule has 0 bridgehead atoms. The Labute approximate surface area is 170 Å². The number of methoxy groups -OCH3 is 1. The van der Waals surface area contributed by atoms with E-state index in [1.54, 1.807) is 38.4 Å². The van der Waals surface area contributed by atoms with E-state index in [1.807, 2.05) is 30.3 Å². The molecule has 1 heterocycles. The lowest BCUT2D eigenvalue weighted by atomic mass is 10.1. The van der Waals surface area contributed by atoms with Gasteiger partial charge in [-0.25, -0.2) is 9.78 Å². The molecule has 150 valence electrons. The Balaban J connectivity index is 1.55. The summed E-state index contributed by atoms with van der Waals surface area (Å²) in [4.78, 5) is 20.4. The Hall–Kier alpha value is -3.61. The number of carbonyl (C=O) groups excluding carboxylic acids is 1. The summed E-state index contributed by atoms with van der Waals surface area (Å²) in [6.07, 6.45) is 2.52. The molecule has 0 aliphatic rings. The minimum atomic E-state index is -0.330. The molecular formula is C22H24N4O3. The van der Waals surface area contributed by atoms with E-state index in [1.165, 1.54) is 5.56 Å². The Morgan fingerprint density at radius 2 is 1.93 bits per heavy atom. The van der Waals surface area contributed by atoms with Crippen molar-refractivity contribution < 1.29 is 14.3 Å². The van der Waals surface area contributed by atoms with E-state index >= 15 is 0 Å². The van der Waals surface area contributed by atoms with Crippen molar-refractivity contribution in [3.8, 4) is 5.75 Å². The zero-order valence-corrected chi connectivity index (χ0v) is 16.5. The van der Waals surface area contributed by atoms with Crippen molar-refractivity contribution in [1.29, 1.82) is 0 Å². The van der Waals surface area contributed by atoms with Gasteiger partial charge in [0.2, 0.25) is 5.95 Å². The van der Waals surface area contributed by atoms with Gasteiger partial charge in [0, 0.05) is 18.4 Å². The van der Waals surface area contributed by atoms with Crippen molar-refractivity contribution in [2.45, 2.75) is 13.3 Å². The third kappa shape index (κ3) is 5.93. The zero-order valence-electron chi connectivity index (χ0n) is 16.5. The number of hydrogen-bond donors (Lipinski definition) is 2. The molecule has 0 spiro atoms. The molecule has 0 fully saturated rings. The molecule has 1 aromatic heterocycles. The largest absolute Gasteiger partial charge is 0.497 e. The summed E-state index contributed by atoms with van der Waals surface area (Å²) < 4.78 is 10.2. The van der Waals surface area contributed by atoms with Crippen LogP contribution in [0.15, 0.2) is 60.8 Å². The van der Waals surface area contributed by atoms with Crippen LogP contribution in [-0.4, -0.2) is 36.2 Å². The first-order valence-corrected chi connectivity index (χ1v) is 9.42. The predicted octanol–water partition coefficient (Wildman–Crippen LogP) is 4.06. The van der Waals surface area contributed by atoms with Crippen molar-refractivity contribution in [3.63, 3.8) is 0 Å². The van der Waals surface area contributed by atoms with Gasteiger partial charge >= 0.3 is 5.97 Å². The maximum Gasteiger partial charge on any atom is 0.338 e. The van der Waals surface area contributed by atoms with Crippen LogP contribution in [-0.2, 0) is 11.2 Å². The Morgan fingerprint density at radius 3 is 2.69 bits per heavy atom. The van der Waals surface area contributed by atoms with Crippen molar-refractivity contribution in [3.05, 3.63) is 71.9 Å². The second kappa shape index (κ2) is 10.1. The molecule has 7 heteroatoms. The summed E-state index contributed by atoms with van der Waals surface area (Å²) in [5, 5.41) is 6.44. The maximum atomic E-state index is 11.7. The molecule has 7 nitrogen and oxygen atoms in total. The van der Waals surface area contributed by atoms with Gasteiger partial charge in [-0.2, -0.15) is 4.98 Å². The molecule has 0 aliphatic carbocycles. The van der Waals surface area contributed by atoms with Crippen LogP contribution in [0.1, 0.15) is 22.8 Å². The third-order valence-corrected chi connectivity index (χ3v) is 4.15. The van der Waals surface area contributed by atoms with Gasteiger partial charge in [0.05, 0.1) is 19.3 Å². The van der Waals surface area contributed by atoms with Crippen LogP contribution in [0.2, 0.25) is 0 Å². The number of nitrogens with one attached hydrogen (secondary N) is 2. The number of nitrogens with zero attached hydrogens (tertiary/aromatic N) is 2. The second-order valence-electron chi connectivity index (χ2n) is 6.22. The molecule has 3 aromatic rings. The average molecular weight is 392 g/mol. The van der Waals surface area contributed by atoms with Crippen LogP contribution < -0.4 is 15.4 Å². The van der Waals surface area contributed by atoms with Gasteiger partial charge in [0.25, 0.3) is 0 Å². The van der Waals surface area contributed by atoms with Crippen molar-refractivity contribution in [1.82, 2.24) is 9.97 Å². The molecule has 29 heavy (non-hydrogen) atoms. The van der Waals surface area contributed by atoms with Crippen LogP contribution in [0, 0.1) is 0 Å². The molecule has 2 N–H and O–H groups in total. The Morgan fingerprint density at radius 1 is 1.10 bits per heavy atom. The number of benzene rings is 2. The highest BCUT2D eigenvalue weighted by atomic mass is 16.5. The van der Waals surface area contributed by atoms with Gasteiger partial charge in [-0.05, 0) is 61.4 Å². The SMILES string of the molecule is CCOC(=O)c1ccc(Nc2ccnc(NCCc3cccc(OC)c3)n2)cc1. The lowest BCUT2D eigenvalue weighted by molar-refractivity contribution is 0.0526. The fraction of sp³-hybridized carbons (Fsp3) is 0.227. The van der Waals surface area contributed by atoms with E-state index in [2.05, 4.69) is 26.7 Å². The topological polar surface area (TPSA) is 85.4 Å². The normalized spacial score (nSPS) is 10.3. The predicted molar refractivity (Wildman–Crippen MR) is 113 cm³/mol. The van der Waals surface area contributed by atoms with Crippen molar-refractivity contribution in [2.24, 2.45) is 0 Å². The van der Waals surface area contributed by atoms with Gasteiger partial charge in [0.1, 0.15) is 11.6 Å². The Kier molecular flexibility index (Phi) is 7.00. The number of esters is 1. The molecule has 0 amide bonds. The fourth-order valence-electron chi connectivity index (χ4n) is 2.71. The smallest absolute Gasteiger partial charge is 0.338 e. The zero-order chi connectivity index (χ0) is 20.5. The molecule has 0 saturated heterocycles. The van der Waals surface area contributed by atoms with Crippen LogP contribution in [0.3, 0.4) is 0 Å². The highest BCUT2D eigenvalue weighted by Gasteiger charge is 2.06. The lowest BCUT2D eigenvalue weighted by Gasteiger charge is -2.09. The average Bonchev–Trinajstić information content (AvgIpc) is 2.75. The summed E-state index contributed by atoms with van der Waals surface area (Å²) in [7, 11) is 1.66. The number of rotatable bonds is 9. The molecule has 0 radical (unpaired) electrons. The van der Waals surface area contributed by atoms with Crippen LogP contribution in [0.5, 0.6) is 5.75 Å². The van der Waals surface area contributed by atoms with E-state index in [0.29, 0.717) is 30.5 Å². The van der Waals surface area contributed by atoms with Crippen molar-refractivity contribution in [2.75, 3.05) is 30.9 Å². The number of carbonyl (C=O) groups is 1. The highest BCUT2D eigenvalue weighted by Crippen LogP contribution is 2.17. The van der Waals surface area contributed by atoms with Crippen LogP contribution in [0.25, 0.3) is 0 Å². The summed E-state index contributed by atoms with van der Waals surface area (Å²) >= 11 is 0. The minimum absolute atomic E-state index is 0.330. The molecule has 3 rings (SSSR count). The van der Waals surface area contributed by atoms with Gasteiger partial charge in [-0.3, -0.25) is 0 Å². The molecular weight excluding hydrogens is 368 g/mol. The molecule has 0 aliphatic heterocycles. The highest BCUT2D eigenvalue weighted by molar-refractivity contribution is 5.89. The molecule has 0 unspecified atom stereocenters. The quantitative estimate of drug-likeness (QED) is 0.531. The van der Waals surface area contributed by atoms with Gasteiger partial charge in [0.15, 0.2) is 0 Å². The first-order valence-electron chi connectivity index (χ1n) is 9.42. The third-order valence-electron chi connectivity index (χ3n) is 4.15. The summed E-state index contributed by atoms with van der Waals surface area (Å²) in [6.45, 7) is 2.84. The number of anilines is 3. The molecule has 2 aromatic carbocycles. The van der Waals surface area contributed by atoms with Crippen molar-refractivity contribution >= 4 is 23.4 Å². The van der Waals surface area contributed by atoms with E-state index in [4.69, 9.17) is 9.47 Å².